The van der Waals surface area contributed by atoms with Gasteiger partial charge in [-0.1, -0.05) is 6.07 Å². The molecule has 1 amide bonds. The number of aryl methyl sites for hydroxylation is 1. The van der Waals surface area contributed by atoms with Gasteiger partial charge in [0.15, 0.2) is 11.6 Å². The largest absolute Gasteiger partial charge is 0.485 e. The van der Waals surface area contributed by atoms with Crippen molar-refractivity contribution in [2.45, 2.75) is 20.5 Å². The molecular weight excluding hydrogens is 254 g/mol. The summed E-state index contributed by atoms with van der Waals surface area (Å²) in [5, 5.41) is 2.75. The Bertz CT molecular complexity index is 626. The highest BCUT2D eigenvalue weighted by Gasteiger charge is 2.04. The van der Waals surface area contributed by atoms with Crippen molar-refractivity contribution < 1.29 is 9.53 Å². The van der Waals surface area contributed by atoms with Crippen molar-refractivity contribution in [1.82, 2.24) is 4.98 Å². The second kappa shape index (κ2) is 6.06. The van der Waals surface area contributed by atoms with Gasteiger partial charge in [-0.05, 0) is 42.3 Å². The van der Waals surface area contributed by atoms with Gasteiger partial charge in [0.25, 0.3) is 0 Å². The lowest BCUT2D eigenvalue weighted by atomic mass is 10.1. The predicted octanol–water partition coefficient (Wildman–Crippen LogP) is 2.51. The Balaban J connectivity index is 2.07. The predicted molar refractivity (Wildman–Crippen MR) is 78.5 cm³/mol. The van der Waals surface area contributed by atoms with Crippen molar-refractivity contribution in [1.29, 1.82) is 0 Å². The van der Waals surface area contributed by atoms with E-state index in [0.717, 1.165) is 16.8 Å². The van der Waals surface area contributed by atoms with Crippen LogP contribution in [0.5, 0.6) is 5.75 Å². The molecule has 104 valence electrons. The Hall–Kier alpha value is -2.56. The van der Waals surface area contributed by atoms with E-state index in [2.05, 4.69) is 10.3 Å². The van der Waals surface area contributed by atoms with Crippen molar-refractivity contribution in [3.05, 3.63) is 47.7 Å². The number of carbonyl (C=O) groups is 1. The minimum Gasteiger partial charge on any atom is -0.485 e. The van der Waals surface area contributed by atoms with Crippen LogP contribution in [0.15, 0.2) is 36.5 Å². The summed E-state index contributed by atoms with van der Waals surface area (Å²) in [5.41, 5.74) is 8.57. The number of nitrogen functional groups attached to an aromatic ring is 1. The number of nitrogens with two attached hydrogens (primary N) is 1. The average Bonchev–Trinajstić information content (AvgIpc) is 2.39. The fraction of sp³-hybridized carbons (Fsp3) is 0.200. The molecule has 1 aromatic carbocycles. The van der Waals surface area contributed by atoms with Gasteiger partial charge >= 0.3 is 0 Å². The number of pyridine rings is 1. The first kappa shape index (κ1) is 13.9. The maximum Gasteiger partial charge on any atom is 0.221 e. The molecule has 3 N–H and O–H groups in total. The highest BCUT2D eigenvalue weighted by atomic mass is 16.5. The van der Waals surface area contributed by atoms with Crippen LogP contribution in [0.2, 0.25) is 0 Å². The Morgan fingerprint density at radius 3 is 2.85 bits per heavy atom. The summed E-state index contributed by atoms with van der Waals surface area (Å²) in [6, 6.07) is 9.24. The van der Waals surface area contributed by atoms with Gasteiger partial charge in [-0.3, -0.25) is 4.79 Å². The first-order valence-electron chi connectivity index (χ1n) is 6.26. The van der Waals surface area contributed by atoms with Gasteiger partial charge in [-0.25, -0.2) is 4.98 Å². The summed E-state index contributed by atoms with van der Waals surface area (Å²) in [6.07, 6.45) is 1.62. The maximum atomic E-state index is 11.0. The number of amides is 1. The third-order valence-corrected chi connectivity index (χ3v) is 2.85. The fourth-order valence-electron chi connectivity index (χ4n) is 1.82. The minimum atomic E-state index is -0.0865. The molecule has 1 heterocycles. The van der Waals surface area contributed by atoms with E-state index in [0.29, 0.717) is 18.2 Å². The summed E-state index contributed by atoms with van der Waals surface area (Å²) < 4.78 is 5.65. The molecule has 0 saturated carbocycles. The smallest absolute Gasteiger partial charge is 0.221 e. The van der Waals surface area contributed by atoms with Gasteiger partial charge in [-0.15, -0.1) is 0 Å². The molecule has 0 spiro atoms. The molecule has 0 aliphatic rings. The molecular formula is C15H17N3O2. The fourth-order valence-corrected chi connectivity index (χ4v) is 1.82. The second-order valence-electron chi connectivity index (χ2n) is 4.50. The molecule has 0 atom stereocenters. The summed E-state index contributed by atoms with van der Waals surface area (Å²) >= 11 is 0. The number of anilines is 2. The van der Waals surface area contributed by atoms with Gasteiger partial charge in [0.05, 0.1) is 0 Å². The van der Waals surface area contributed by atoms with Crippen LogP contribution in [0.3, 0.4) is 0 Å². The van der Waals surface area contributed by atoms with Crippen molar-refractivity contribution in [3.63, 3.8) is 0 Å². The molecule has 0 unspecified atom stereocenters. The number of ether oxygens (including phenoxy) is 1. The second-order valence-corrected chi connectivity index (χ2v) is 4.50. The monoisotopic (exact) mass is 271 g/mol. The standard InChI is InChI=1S/C15H17N3O2/c1-10-8-13(18-11(2)19)6-5-12(10)9-20-14-4-3-7-17-15(14)16/h3-8H,9H2,1-2H3,(H2,16,17)(H,18,19). The van der Waals surface area contributed by atoms with Crippen LogP contribution >= 0.6 is 0 Å². The summed E-state index contributed by atoms with van der Waals surface area (Å²) in [4.78, 5) is 15.0. The number of hydrogen-bond acceptors (Lipinski definition) is 4. The van der Waals surface area contributed by atoms with Gasteiger partial charge in [-0.2, -0.15) is 0 Å². The van der Waals surface area contributed by atoms with Crippen molar-refractivity contribution in [2.24, 2.45) is 0 Å². The zero-order valence-corrected chi connectivity index (χ0v) is 11.5. The number of hydrogen-bond donors (Lipinski definition) is 2. The number of carbonyl (C=O) groups excluding carboxylic acids is 1. The molecule has 0 bridgehead atoms. The van der Waals surface area contributed by atoms with E-state index >= 15 is 0 Å². The Labute approximate surface area is 117 Å². The molecule has 2 rings (SSSR count). The Morgan fingerprint density at radius 1 is 1.40 bits per heavy atom. The van der Waals surface area contributed by atoms with Gasteiger partial charge in [0.2, 0.25) is 5.91 Å². The van der Waals surface area contributed by atoms with Crippen molar-refractivity contribution in [2.75, 3.05) is 11.1 Å². The molecule has 0 saturated heterocycles. The maximum absolute atomic E-state index is 11.0. The van der Waals surface area contributed by atoms with Crippen LogP contribution in [0.25, 0.3) is 0 Å². The molecule has 0 aliphatic carbocycles. The lowest BCUT2D eigenvalue weighted by molar-refractivity contribution is -0.114. The molecule has 20 heavy (non-hydrogen) atoms. The van der Waals surface area contributed by atoms with Gasteiger partial charge in [0.1, 0.15) is 6.61 Å². The third-order valence-electron chi connectivity index (χ3n) is 2.85. The van der Waals surface area contributed by atoms with E-state index in [4.69, 9.17) is 10.5 Å². The van der Waals surface area contributed by atoms with Crippen molar-refractivity contribution >= 4 is 17.4 Å². The quantitative estimate of drug-likeness (QED) is 0.895. The molecule has 0 fully saturated rings. The SMILES string of the molecule is CC(=O)Nc1ccc(COc2cccnc2N)c(C)c1. The summed E-state index contributed by atoms with van der Waals surface area (Å²) in [5.74, 6) is 0.856. The lowest BCUT2D eigenvalue weighted by Gasteiger charge is -2.11. The first-order valence-corrected chi connectivity index (χ1v) is 6.26. The van der Waals surface area contributed by atoms with Gasteiger partial charge < -0.3 is 15.8 Å². The molecule has 2 aromatic rings. The first-order chi connectivity index (χ1) is 9.56. The highest BCUT2D eigenvalue weighted by Crippen LogP contribution is 2.21. The summed E-state index contributed by atoms with van der Waals surface area (Å²) in [7, 11) is 0. The summed E-state index contributed by atoms with van der Waals surface area (Å²) in [6.45, 7) is 3.86. The minimum absolute atomic E-state index is 0.0865. The van der Waals surface area contributed by atoms with Crippen LogP contribution in [0.4, 0.5) is 11.5 Å². The number of benzene rings is 1. The Morgan fingerprint density at radius 2 is 2.20 bits per heavy atom. The zero-order chi connectivity index (χ0) is 14.5. The molecule has 0 aliphatic heterocycles. The zero-order valence-electron chi connectivity index (χ0n) is 11.5. The molecule has 5 heteroatoms. The number of rotatable bonds is 4. The highest BCUT2D eigenvalue weighted by molar-refractivity contribution is 5.88. The van der Waals surface area contributed by atoms with Crippen molar-refractivity contribution in [3.8, 4) is 5.75 Å². The van der Waals surface area contributed by atoms with E-state index in [1.165, 1.54) is 6.92 Å². The molecule has 0 radical (unpaired) electrons. The topological polar surface area (TPSA) is 77.2 Å². The van der Waals surface area contributed by atoms with E-state index in [1.807, 2.05) is 25.1 Å². The molecule has 5 nitrogen and oxygen atoms in total. The van der Waals surface area contributed by atoms with Crippen LogP contribution in [-0.2, 0) is 11.4 Å². The normalized spacial score (nSPS) is 10.1. The third kappa shape index (κ3) is 3.47. The number of aromatic nitrogens is 1. The van der Waals surface area contributed by atoms with Crippen LogP contribution in [0, 0.1) is 6.92 Å². The molecule has 1 aromatic heterocycles. The van der Waals surface area contributed by atoms with Gasteiger partial charge in [0, 0.05) is 18.8 Å². The lowest BCUT2D eigenvalue weighted by Crippen LogP contribution is -2.07. The van der Waals surface area contributed by atoms with E-state index in [1.54, 1.807) is 18.3 Å². The average molecular weight is 271 g/mol. The van der Waals surface area contributed by atoms with E-state index in [9.17, 15) is 4.79 Å². The van der Waals surface area contributed by atoms with E-state index in [-0.39, 0.29) is 5.91 Å². The van der Waals surface area contributed by atoms with Crippen LogP contribution in [-0.4, -0.2) is 10.9 Å². The van der Waals surface area contributed by atoms with E-state index < -0.39 is 0 Å². The van der Waals surface area contributed by atoms with Crippen LogP contribution in [0.1, 0.15) is 18.1 Å². The number of nitrogens with one attached hydrogen (secondary N) is 1. The Kier molecular flexibility index (Phi) is 4.20. The van der Waals surface area contributed by atoms with Crippen LogP contribution < -0.4 is 15.8 Å². The number of nitrogens with zero attached hydrogens (tertiary/aromatic N) is 1.